The first-order chi connectivity index (χ1) is 11.2. The van der Waals surface area contributed by atoms with Crippen molar-refractivity contribution < 1.29 is 0 Å². The second-order valence-electron chi connectivity index (χ2n) is 5.19. The van der Waals surface area contributed by atoms with E-state index in [1.54, 1.807) is 33.1 Å². The van der Waals surface area contributed by atoms with Crippen molar-refractivity contribution in [2.24, 2.45) is 0 Å². The summed E-state index contributed by atoms with van der Waals surface area (Å²) in [5.74, 6) is 0. The van der Waals surface area contributed by atoms with Gasteiger partial charge in [0.15, 0.2) is 5.65 Å². The zero-order valence-corrected chi connectivity index (χ0v) is 13.2. The predicted octanol–water partition coefficient (Wildman–Crippen LogP) is 2.40. The van der Waals surface area contributed by atoms with Crippen molar-refractivity contribution in [3.63, 3.8) is 0 Å². The molecule has 0 bridgehead atoms. The van der Waals surface area contributed by atoms with Gasteiger partial charge in [0.05, 0.1) is 18.4 Å². The van der Waals surface area contributed by atoms with E-state index in [9.17, 15) is 4.79 Å². The third kappa shape index (κ3) is 2.44. The highest BCUT2D eigenvalue weighted by Crippen LogP contribution is 2.14. The molecule has 0 N–H and O–H groups in total. The van der Waals surface area contributed by atoms with Crippen LogP contribution in [-0.2, 0) is 6.54 Å². The molecule has 4 rings (SSSR count). The van der Waals surface area contributed by atoms with Gasteiger partial charge in [0.2, 0.25) is 0 Å². The summed E-state index contributed by atoms with van der Waals surface area (Å²) in [4.78, 5) is 21.4. The largest absolute Gasteiger partial charge is 0.292 e. The van der Waals surface area contributed by atoms with Crippen LogP contribution < -0.4 is 5.56 Å². The number of thiazole rings is 1. The lowest BCUT2D eigenvalue weighted by Crippen LogP contribution is -2.21. The summed E-state index contributed by atoms with van der Waals surface area (Å²) in [6.45, 7) is 2.37. The maximum Gasteiger partial charge on any atom is 0.264 e. The molecule has 0 aliphatic carbocycles. The van der Waals surface area contributed by atoms with E-state index in [0.29, 0.717) is 17.6 Å². The van der Waals surface area contributed by atoms with Gasteiger partial charge in [0.25, 0.3) is 5.56 Å². The van der Waals surface area contributed by atoms with E-state index in [4.69, 9.17) is 0 Å². The zero-order valence-electron chi connectivity index (χ0n) is 12.4. The Kier molecular flexibility index (Phi) is 3.27. The van der Waals surface area contributed by atoms with Crippen LogP contribution in [0, 0.1) is 6.92 Å². The molecule has 1 aromatic carbocycles. The molecule has 0 unspecified atom stereocenters. The van der Waals surface area contributed by atoms with Crippen LogP contribution in [0.2, 0.25) is 0 Å². The van der Waals surface area contributed by atoms with Crippen molar-refractivity contribution in [1.82, 2.24) is 24.3 Å². The molecule has 0 saturated heterocycles. The summed E-state index contributed by atoms with van der Waals surface area (Å²) >= 11 is 1.54. The number of para-hydroxylation sites is 1. The van der Waals surface area contributed by atoms with Gasteiger partial charge in [-0.15, -0.1) is 11.3 Å². The molecule has 7 heteroatoms. The number of rotatable bonds is 3. The van der Waals surface area contributed by atoms with Crippen molar-refractivity contribution in [2.45, 2.75) is 13.5 Å². The predicted molar refractivity (Wildman–Crippen MR) is 89.1 cm³/mol. The molecule has 0 atom stereocenters. The van der Waals surface area contributed by atoms with Crippen LogP contribution in [0.1, 0.15) is 10.7 Å². The van der Waals surface area contributed by atoms with E-state index in [2.05, 4.69) is 15.1 Å². The molecule has 0 fully saturated rings. The molecule has 0 radical (unpaired) electrons. The average molecular weight is 323 g/mol. The van der Waals surface area contributed by atoms with Crippen LogP contribution >= 0.6 is 11.3 Å². The molecule has 3 heterocycles. The van der Waals surface area contributed by atoms with Gasteiger partial charge in [0.1, 0.15) is 16.7 Å². The van der Waals surface area contributed by atoms with E-state index in [0.717, 1.165) is 16.4 Å². The number of nitrogens with zero attached hydrogens (tertiary/aromatic N) is 5. The lowest BCUT2D eigenvalue weighted by Gasteiger charge is -2.04. The van der Waals surface area contributed by atoms with Crippen LogP contribution in [0.4, 0.5) is 0 Å². The van der Waals surface area contributed by atoms with Gasteiger partial charge >= 0.3 is 0 Å². The molecular formula is C16H13N5OS. The van der Waals surface area contributed by atoms with Crippen molar-refractivity contribution in [1.29, 1.82) is 0 Å². The van der Waals surface area contributed by atoms with E-state index in [1.807, 2.05) is 42.6 Å². The first-order valence-electron chi connectivity index (χ1n) is 7.12. The fourth-order valence-electron chi connectivity index (χ4n) is 2.44. The van der Waals surface area contributed by atoms with Gasteiger partial charge in [-0.1, -0.05) is 18.2 Å². The third-order valence-electron chi connectivity index (χ3n) is 3.53. The quantitative estimate of drug-likeness (QED) is 0.581. The Morgan fingerprint density at radius 2 is 2.04 bits per heavy atom. The summed E-state index contributed by atoms with van der Waals surface area (Å²) in [6, 6.07) is 9.64. The molecule has 0 amide bonds. The maximum absolute atomic E-state index is 12.6. The fraction of sp³-hybridized carbons (Fsp3) is 0.125. The number of aromatic nitrogens is 5. The van der Waals surface area contributed by atoms with Gasteiger partial charge in [-0.2, -0.15) is 5.10 Å². The Labute approximate surface area is 135 Å². The second-order valence-corrected chi connectivity index (χ2v) is 6.13. The number of hydrogen-bond donors (Lipinski definition) is 0. The van der Waals surface area contributed by atoms with Gasteiger partial charge in [-0.05, 0) is 19.1 Å². The topological polar surface area (TPSA) is 65.6 Å². The third-order valence-corrected chi connectivity index (χ3v) is 4.48. The number of benzene rings is 1. The molecular weight excluding hydrogens is 310 g/mol. The van der Waals surface area contributed by atoms with E-state index in [-0.39, 0.29) is 5.56 Å². The van der Waals surface area contributed by atoms with Crippen molar-refractivity contribution >= 4 is 22.4 Å². The Morgan fingerprint density at radius 1 is 1.22 bits per heavy atom. The maximum atomic E-state index is 12.6. The van der Waals surface area contributed by atoms with Crippen LogP contribution in [0.25, 0.3) is 16.7 Å². The zero-order chi connectivity index (χ0) is 15.8. The van der Waals surface area contributed by atoms with Crippen LogP contribution in [0.3, 0.4) is 0 Å². The van der Waals surface area contributed by atoms with Crippen molar-refractivity contribution in [3.8, 4) is 5.69 Å². The minimum atomic E-state index is -0.106. The van der Waals surface area contributed by atoms with Gasteiger partial charge < -0.3 is 0 Å². The van der Waals surface area contributed by atoms with E-state index >= 15 is 0 Å². The molecule has 4 aromatic rings. The number of hydrogen-bond acceptors (Lipinski definition) is 5. The molecule has 6 nitrogen and oxygen atoms in total. The first kappa shape index (κ1) is 13.8. The van der Waals surface area contributed by atoms with Crippen molar-refractivity contribution in [2.75, 3.05) is 0 Å². The summed E-state index contributed by atoms with van der Waals surface area (Å²) in [5, 5.41) is 7.67. The average Bonchev–Trinajstić information content (AvgIpc) is 3.17. The highest BCUT2D eigenvalue weighted by atomic mass is 32.1. The van der Waals surface area contributed by atoms with Crippen molar-refractivity contribution in [3.05, 3.63) is 69.3 Å². The minimum absolute atomic E-state index is 0.106. The van der Waals surface area contributed by atoms with Crippen LogP contribution in [0.15, 0.2) is 53.0 Å². The first-order valence-corrected chi connectivity index (χ1v) is 8.00. The van der Waals surface area contributed by atoms with Crippen LogP contribution in [-0.4, -0.2) is 24.3 Å². The molecule has 114 valence electrons. The smallest absolute Gasteiger partial charge is 0.264 e. The summed E-state index contributed by atoms with van der Waals surface area (Å²) in [6.07, 6.45) is 3.13. The van der Waals surface area contributed by atoms with Gasteiger partial charge in [-0.25, -0.2) is 14.6 Å². The number of fused-ring (bicyclic) bond motifs is 1. The Morgan fingerprint density at radius 3 is 2.78 bits per heavy atom. The lowest BCUT2D eigenvalue weighted by atomic mass is 10.3. The molecule has 0 aliphatic heterocycles. The molecule has 0 saturated carbocycles. The standard InChI is InChI=1S/C16H13N5OS/c1-11-9-23-14(19-11)8-20-10-17-15-13(16(20)22)7-18-21(15)12-5-3-2-4-6-12/h2-7,9-10H,8H2,1H3. The van der Waals surface area contributed by atoms with E-state index in [1.165, 1.54) is 0 Å². The van der Waals surface area contributed by atoms with Crippen LogP contribution in [0.5, 0.6) is 0 Å². The SMILES string of the molecule is Cc1csc(Cn2cnc3c(cnn3-c3ccccc3)c2=O)n1. The summed E-state index contributed by atoms with van der Waals surface area (Å²) in [5.41, 5.74) is 2.30. The Hall–Kier alpha value is -2.80. The molecule has 23 heavy (non-hydrogen) atoms. The molecule has 0 aliphatic rings. The lowest BCUT2D eigenvalue weighted by molar-refractivity contribution is 0.739. The van der Waals surface area contributed by atoms with E-state index < -0.39 is 0 Å². The highest BCUT2D eigenvalue weighted by molar-refractivity contribution is 7.09. The molecule has 0 spiro atoms. The van der Waals surface area contributed by atoms with Gasteiger partial charge in [0, 0.05) is 11.1 Å². The normalized spacial score (nSPS) is 11.2. The Balaban J connectivity index is 1.79. The summed E-state index contributed by atoms with van der Waals surface area (Å²) in [7, 11) is 0. The second kappa shape index (κ2) is 5.44. The minimum Gasteiger partial charge on any atom is -0.292 e. The summed E-state index contributed by atoms with van der Waals surface area (Å²) < 4.78 is 3.24. The van der Waals surface area contributed by atoms with Gasteiger partial charge in [-0.3, -0.25) is 9.36 Å². The number of aryl methyl sites for hydroxylation is 1. The monoisotopic (exact) mass is 323 g/mol. The fourth-order valence-corrected chi connectivity index (χ4v) is 3.21. The highest BCUT2D eigenvalue weighted by Gasteiger charge is 2.12. The molecule has 3 aromatic heterocycles. The Bertz CT molecular complexity index is 1030.